The van der Waals surface area contributed by atoms with Gasteiger partial charge in [0.2, 0.25) is 0 Å². The third-order valence-corrected chi connectivity index (χ3v) is 3.81. The average molecular weight is 240 g/mol. The zero-order chi connectivity index (χ0) is 11.9. The number of hydrogen-bond acceptors (Lipinski definition) is 4. The number of amides is 3. The molecule has 1 N–H and O–H groups in total. The Morgan fingerprint density at radius 3 is 2.59 bits per heavy atom. The van der Waals surface area contributed by atoms with Gasteiger partial charge < -0.3 is 14.8 Å². The van der Waals surface area contributed by atoms with Crippen LogP contribution in [0.3, 0.4) is 0 Å². The lowest BCUT2D eigenvalue weighted by molar-refractivity contribution is -0.136. The van der Waals surface area contributed by atoms with Crippen molar-refractivity contribution < 1.29 is 19.1 Å². The van der Waals surface area contributed by atoms with E-state index >= 15 is 0 Å². The van der Waals surface area contributed by atoms with E-state index in [1.807, 2.05) is 0 Å². The molecule has 3 fully saturated rings. The molecule has 17 heavy (non-hydrogen) atoms. The maximum absolute atomic E-state index is 12.4. The van der Waals surface area contributed by atoms with Crippen LogP contribution in [0.1, 0.15) is 19.3 Å². The van der Waals surface area contributed by atoms with Crippen molar-refractivity contribution in [2.45, 2.75) is 30.8 Å². The summed E-state index contributed by atoms with van der Waals surface area (Å²) in [6.45, 7) is 2.14. The molecule has 3 aliphatic heterocycles. The Bertz CT molecular complexity index is 345. The van der Waals surface area contributed by atoms with Gasteiger partial charge in [-0.3, -0.25) is 9.69 Å². The summed E-state index contributed by atoms with van der Waals surface area (Å²) in [6.07, 6.45) is 1.88. The van der Waals surface area contributed by atoms with E-state index in [1.165, 1.54) is 4.90 Å². The molecule has 0 saturated carbocycles. The second-order valence-corrected chi connectivity index (χ2v) is 4.82. The summed E-state index contributed by atoms with van der Waals surface area (Å²) in [4.78, 5) is 25.7. The molecule has 3 amide bonds. The maximum Gasteiger partial charge on any atom is 0.325 e. The van der Waals surface area contributed by atoms with Gasteiger partial charge in [0.25, 0.3) is 5.91 Å². The van der Waals surface area contributed by atoms with Crippen molar-refractivity contribution in [3.05, 3.63) is 0 Å². The van der Waals surface area contributed by atoms with Gasteiger partial charge in [-0.15, -0.1) is 0 Å². The molecule has 0 bridgehead atoms. The first-order valence-electron chi connectivity index (χ1n) is 6.04. The van der Waals surface area contributed by atoms with E-state index in [0.29, 0.717) is 39.3 Å². The summed E-state index contributed by atoms with van der Waals surface area (Å²) in [5.74, 6) is -0.0960. The summed E-state index contributed by atoms with van der Waals surface area (Å²) in [7, 11) is 0. The van der Waals surface area contributed by atoms with Gasteiger partial charge in [-0.1, -0.05) is 0 Å². The number of carbonyl (C=O) groups excluding carboxylic acids is 2. The molecule has 0 aromatic rings. The highest BCUT2D eigenvalue weighted by Crippen LogP contribution is 2.31. The van der Waals surface area contributed by atoms with Gasteiger partial charge >= 0.3 is 6.03 Å². The summed E-state index contributed by atoms with van der Waals surface area (Å²) in [5, 5.41) is 2.85. The van der Waals surface area contributed by atoms with Crippen LogP contribution < -0.4 is 5.32 Å². The lowest BCUT2D eigenvalue weighted by atomic mass is 9.90. The van der Waals surface area contributed by atoms with Gasteiger partial charge in [-0.25, -0.2) is 4.79 Å². The Balaban J connectivity index is 1.82. The summed E-state index contributed by atoms with van der Waals surface area (Å²) in [6, 6.07) is -0.364. The second-order valence-electron chi connectivity index (χ2n) is 4.82. The number of rotatable bonds is 1. The zero-order valence-electron chi connectivity index (χ0n) is 9.61. The molecule has 0 aromatic heterocycles. The molecule has 6 nitrogen and oxygen atoms in total. The van der Waals surface area contributed by atoms with E-state index in [4.69, 9.17) is 9.47 Å². The minimum atomic E-state index is -0.710. The first-order valence-corrected chi connectivity index (χ1v) is 6.04. The standard InChI is InChI=1S/C11H16N2O4/c14-9-11(2-5-16-6-3-11)12-10(15)13(9)8-1-4-17-7-8/h8H,1-7H2,(H,12,15). The Morgan fingerprint density at radius 1 is 1.18 bits per heavy atom. The van der Waals surface area contributed by atoms with E-state index in [2.05, 4.69) is 5.32 Å². The lowest BCUT2D eigenvalue weighted by Crippen LogP contribution is -2.51. The topological polar surface area (TPSA) is 67.9 Å². The summed E-state index contributed by atoms with van der Waals surface area (Å²) >= 11 is 0. The van der Waals surface area contributed by atoms with E-state index in [9.17, 15) is 9.59 Å². The van der Waals surface area contributed by atoms with Crippen LogP contribution in [0.4, 0.5) is 4.79 Å². The minimum absolute atomic E-state index is 0.0929. The van der Waals surface area contributed by atoms with Crippen LogP contribution in [-0.4, -0.2) is 54.8 Å². The molecule has 1 spiro atoms. The van der Waals surface area contributed by atoms with Crippen LogP contribution in [0.2, 0.25) is 0 Å². The molecule has 0 radical (unpaired) electrons. The number of ether oxygens (including phenoxy) is 2. The molecule has 6 heteroatoms. The average Bonchev–Trinajstić information content (AvgIpc) is 2.90. The number of urea groups is 1. The smallest absolute Gasteiger partial charge is 0.325 e. The Morgan fingerprint density at radius 2 is 1.94 bits per heavy atom. The van der Waals surface area contributed by atoms with Gasteiger partial charge in [0, 0.05) is 32.7 Å². The molecular formula is C11H16N2O4. The van der Waals surface area contributed by atoms with Crippen LogP contribution in [-0.2, 0) is 14.3 Å². The molecular weight excluding hydrogens is 224 g/mol. The van der Waals surface area contributed by atoms with Crippen LogP contribution in [0.25, 0.3) is 0 Å². The fraction of sp³-hybridized carbons (Fsp3) is 0.818. The third-order valence-electron chi connectivity index (χ3n) is 3.81. The third kappa shape index (κ3) is 1.63. The van der Waals surface area contributed by atoms with Crippen LogP contribution in [0.15, 0.2) is 0 Å². The Hall–Kier alpha value is -1.14. The van der Waals surface area contributed by atoms with Crippen molar-refractivity contribution in [3.63, 3.8) is 0 Å². The van der Waals surface area contributed by atoms with Crippen molar-refractivity contribution in [2.24, 2.45) is 0 Å². The van der Waals surface area contributed by atoms with Gasteiger partial charge in [-0.05, 0) is 6.42 Å². The molecule has 3 heterocycles. The molecule has 0 aromatic carbocycles. The minimum Gasteiger partial charge on any atom is -0.381 e. The summed E-state index contributed by atoms with van der Waals surface area (Å²) in [5.41, 5.74) is -0.710. The van der Waals surface area contributed by atoms with Gasteiger partial charge in [0.05, 0.1) is 12.6 Å². The Kier molecular flexibility index (Phi) is 2.56. The normalized spacial score (nSPS) is 32.2. The van der Waals surface area contributed by atoms with E-state index in [1.54, 1.807) is 0 Å². The van der Waals surface area contributed by atoms with E-state index in [-0.39, 0.29) is 18.0 Å². The quantitative estimate of drug-likeness (QED) is 0.649. The fourth-order valence-electron chi connectivity index (χ4n) is 2.76. The molecule has 3 rings (SSSR count). The number of imide groups is 1. The molecule has 1 atom stereocenters. The summed E-state index contributed by atoms with van der Waals surface area (Å²) < 4.78 is 10.5. The first-order chi connectivity index (χ1) is 8.23. The van der Waals surface area contributed by atoms with Crippen molar-refractivity contribution >= 4 is 11.9 Å². The van der Waals surface area contributed by atoms with Crippen LogP contribution >= 0.6 is 0 Å². The van der Waals surface area contributed by atoms with Crippen LogP contribution in [0.5, 0.6) is 0 Å². The molecule has 3 saturated heterocycles. The second kappa shape index (κ2) is 3.96. The van der Waals surface area contributed by atoms with E-state index in [0.717, 1.165) is 6.42 Å². The molecule has 1 unspecified atom stereocenters. The van der Waals surface area contributed by atoms with E-state index < -0.39 is 5.54 Å². The largest absolute Gasteiger partial charge is 0.381 e. The number of nitrogens with one attached hydrogen (secondary N) is 1. The van der Waals surface area contributed by atoms with Gasteiger partial charge in [0.15, 0.2) is 0 Å². The maximum atomic E-state index is 12.4. The predicted octanol–water partition coefficient (Wildman–Crippen LogP) is -0.124. The highest BCUT2D eigenvalue weighted by molar-refractivity contribution is 6.07. The van der Waals surface area contributed by atoms with Gasteiger partial charge in [-0.2, -0.15) is 0 Å². The first kappa shape index (κ1) is 11.0. The molecule has 94 valence electrons. The van der Waals surface area contributed by atoms with Crippen molar-refractivity contribution in [1.82, 2.24) is 10.2 Å². The predicted molar refractivity (Wildman–Crippen MR) is 57.4 cm³/mol. The monoisotopic (exact) mass is 240 g/mol. The number of carbonyl (C=O) groups is 2. The highest BCUT2D eigenvalue weighted by Gasteiger charge is 2.53. The molecule has 0 aliphatic carbocycles. The lowest BCUT2D eigenvalue weighted by Gasteiger charge is -2.31. The highest BCUT2D eigenvalue weighted by atomic mass is 16.5. The van der Waals surface area contributed by atoms with Crippen molar-refractivity contribution in [2.75, 3.05) is 26.4 Å². The Labute approximate surface area is 99.2 Å². The number of hydrogen-bond donors (Lipinski definition) is 1. The number of nitrogens with zero attached hydrogens (tertiary/aromatic N) is 1. The SMILES string of the molecule is O=C1NC2(CCOCC2)C(=O)N1C1CCOC1. The molecule has 3 aliphatic rings. The zero-order valence-corrected chi connectivity index (χ0v) is 9.61. The van der Waals surface area contributed by atoms with Crippen molar-refractivity contribution in [1.29, 1.82) is 0 Å². The van der Waals surface area contributed by atoms with Crippen molar-refractivity contribution in [3.8, 4) is 0 Å². The van der Waals surface area contributed by atoms with Crippen LogP contribution in [0, 0.1) is 0 Å². The fourth-order valence-corrected chi connectivity index (χ4v) is 2.76. The van der Waals surface area contributed by atoms with Gasteiger partial charge in [0.1, 0.15) is 5.54 Å².